The lowest BCUT2D eigenvalue weighted by Crippen LogP contribution is -2.34. The van der Waals surface area contributed by atoms with Gasteiger partial charge in [0.1, 0.15) is 10.9 Å². The van der Waals surface area contributed by atoms with Crippen LogP contribution >= 0.6 is 23.8 Å². The average Bonchev–Trinajstić information content (AvgIpc) is 2.55. The Morgan fingerprint density at radius 1 is 1.39 bits per heavy atom. The van der Waals surface area contributed by atoms with Crippen molar-refractivity contribution in [2.45, 2.75) is 0 Å². The molecule has 0 spiro atoms. The molecule has 0 unspecified atom stereocenters. The smallest absolute Gasteiger partial charge is 0.187 e. The van der Waals surface area contributed by atoms with Gasteiger partial charge in [0.25, 0.3) is 0 Å². The van der Waals surface area contributed by atoms with E-state index in [1.807, 2.05) is 24.3 Å². The third-order valence-corrected chi connectivity index (χ3v) is 3.51. The van der Waals surface area contributed by atoms with Crippen molar-refractivity contribution in [3.8, 4) is 5.75 Å². The summed E-state index contributed by atoms with van der Waals surface area (Å²) in [6, 6.07) is 7.51. The van der Waals surface area contributed by atoms with Gasteiger partial charge in [0, 0.05) is 30.7 Å². The van der Waals surface area contributed by atoms with Crippen LogP contribution in [0.15, 0.2) is 29.4 Å². The summed E-state index contributed by atoms with van der Waals surface area (Å²) in [7, 11) is 3.24. The van der Waals surface area contributed by atoms with Gasteiger partial charge < -0.3 is 14.8 Å². The molecule has 23 heavy (non-hydrogen) atoms. The van der Waals surface area contributed by atoms with Crippen molar-refractivity contribution in [1.82, 2.24) is 15.7 Å². The second-order valence-electron chi connectivity index (χ2n) is 4.55. The fourth-order valence-corrected chi connectivity index (χ4v) is 2.17. The van der Waals surface area contributed by atoms with Crippen molar-refractivity contribution in [1.29, 1.82) is 0 Å². The van der Waals surface area contributed by atoms with Gasteiger partial charge in [-0.3, -0.25) is 5.43 Å². The van der Waals surface area contributed by atoms with Gasteiger partial charge in [-0.05, 0) is 30.4 Å². The highest BCUT2D eigenvalue weighted by Gasteiger charge is 2.04. The summed E-state index contributed by atoms with van der Waals surface area (Å²) in [5, 5.41) is 8.71. The molecule has 0 amide bonds. The summed E-state index contributed by atoms with van der Waals surface area (Å²) in [5.74, 6) is 0.733. The highest BCUT2D eigenvalue weighted by atomic mass is 35.5. The standard InChI is InChI=1S/C15H17ClN4O2S/c1-21-6-5-17-15(23)20-18-9-11-7-10-3-4-12(22-2)8-13(10)19-14(11)16/h3-4,7-9H,5-6H2,1-2H3,(H2,17,20,23)/b18-9+. The van der Waals surface area contributed by atoms with Crippen LogP contribution < -0.4 is 15.5 Å². The molecule has 2 aromatic rings. The van der Waals surface area contributed by atoms with Gasteiger partial charge in [-0.1, -0.05) is 11.6 Å². The summed E-state index contributed by atoms with van der Waals surface area (Å²) in [4.78, 5) is 4.34. The molecule has 0 saturated carbocycles. The van der Waals surface area contributed by atoms with Gasteiger partial charge in [0.15, 0.2) is 5.11 Å². The Labute approximate surface area is 144 Å². The van der Waals surface area contributed by atoms with E-state index in [2.05, 4.69) is 20.8 Å². The first-order valence-electron chi connectivity index (χ1n) is 6.84. The Balaban J connectivity index is 2.06. The Kier molecular flexibility index (Phi) is 6.52. The van der Waals surface area contributed by atoms with Gasteiger partial charge in [0.2, 0.25) is 0 Å². The zero-order valence-corrected chi connectivity index (χ0v) is 14.4. The zero-order valence-electron chi connectivity index (χ0n) is 12.8. The summed E-state index contributed by atoms with van der Waals surface area (Å²) in [5.41, 5.74) is 4.16. The predicted octanol–water partition coefficient (Wildman–Crippen LogP) is 2.34. The molecule has 0 aliphatic heterocycles. The highest BCUT2D eigenvalue weighted by Crippen LogP contribution is 2.23. The number of nitrogens with one attached hydrogen (secondary N) is 2. The minimum atomic E-state index is 0.356. The molecule has 0 atom stereocenters. The topological polar surface area (TPSA) is 67.8 Å². The third-order valence-electron chi connectivity index (χ3n) is 2.97. The van der Waals surface area contributed by atoms with Gasteiger partial charge in [-0.25, -0.2) is 4.98 Å². The lowest BCUT2D eigenvalue weighted by atomic mass is 10.1. The van der Waals surface area contributed by atoms with E-state index >= 15 is 0 Å². The first-order valence-corrected chi connectivity index (χ1v) is 7.63. The van der Waals surface area contributed by atoms with E-state index in [1.165, 1.54) is 0 Å². The second-order valence-corrected chi connectivity index (χ2v) is 5.31. The Morgan fingerprint density at radius 2 is 2.22 bits per heavy atom. The van der Waals surface area contributed by atoms with Crippen LogP contribution in [-0.2, 0) is 4.74 Å². The molecule has 1 aromatic carbocycles. The number of hydrazone groups is 1. The van der Waals surface area contributed by atoms with E-state index in [1.54, 1.807) is 20.4 Å². The van der Waals surface area contributed by atoms with Crippen LogP contribution in [0.1, 0.15) is 5.56 Å². The monoisotopic (exact) mass is 352 g/mol. The van der Waals surface area contributed by atoms with E-state index in [0.717, 1.165) is 16.7 Å². The molecule has 122 valence electrons. The van der Waals surface area contributed by atoms with Crippen LogP contribution in [0.5, 0.6) is 5.75 Å². The summed E-state index contributed by atoms with van der Waals surface area (Å²) < 4.78 is 10.1. The quantitative estimate of drug-likeness (QED) is 0.273. The Hall–Kier alpha value is -1.96. The highest BCUT2D eigenvalue weighted by molar-refractivity contribution is 7.80. The molecule has 0 saturated heterocycles. The SMILES string of the molecule is COCCNC(=S)N/N=C/c1cc2ccc(OC)cc2nc1Cl. The molecule has 1 aromatic heterocycles. The first kappa shape index (κ1) is 17.4. The first-order chi connectivity index (χ1) is 11.1. The Morgan fingerprint density at radius 3 is 2.96 bits per heavy atom. The minimum Gasteiger partial charge on any atom is -0.497 e. The van der Waals surface area contributed by atoms with Crippen LogP contribution in [0, 0.1) is 0 Å². The van der Waals surface area contributed by atoms with Crippen molar-refractivity contribution < 1.29 is 9.47 Å². The maximum absolute atomic E-state index is 6.18. The molecule has 0 radical (unpaired) electrons. The number of hydrogen-bond acceptors (Lipinski definition) is 5. The molecule has 0 bridgehead atoms. The van der Waals surface area contributed by atoms with E-state index in [4.69, 9.17) is 33.3 Å². The predicted molar refractivity (Wildman–Crippen MR) is 96.5 cm³/mol. The van der Waals surface area contributed by atoms with Crippen molar-refractivity contribution in [2.75, 3.05) is 27.4 Å². The number of benzene rings is 1. The third kappa shape index (κ3) is 5.02. The van der Waals surface area contributed by atoms with Crippen molar-refractivity contribution in [3.63, 3.8) is 0 Å². The molecule has 6 nitrogen and oxygen atoms in total. The van der Waals surface area contributed by atoms with E-state index in [9.17, 15) is 0 Å². The molecule has 0 aliphatic rings. The molecule has 0 aliphatic carbocycles. The molecule has 2 N–H and O–H groups in total. The van der Waals surface area contributed by atoms with Crippen molar-refractivity contribution in [2.24, 2.45) is 5.10 Å². The number of halogens is 1. The Bertz CT molecular complexity index is 724. The normalized spacial score (nSPS) is 10.9. The largest absolute Gasteiger partial charge is 0.497 e. The number of fused-ring (bicyclic) bond motifs is 1. The second kappa shape index (κ2) is 8.61. The number of pyridine rings is 1. The van der Waals surface area contributed by atoms with Gasteiger partial charge in [0.05, 0.1) is 25.4 Å². The van der Waals surface area contributed by atoms with Crippen LogP contribution in [0.2, 0.25) is 5.15 Å². The zero-order chi connectivity index (χ0) is 16.7. The van der Waals surface area contributed by atoms with Gasteiger partial charge >= 0.3 is 0 Å². The molecule has 8 heteroatoms. The van der Waals surface area contributed by atoms with Crippen LogP contribution in [0.25, 0.3) is 10.9 Å². The minimum absolute atomic E-state index is 0.356. The number of hydrogen-bond donors (Lipinski definition) is 2. The summed E-state index contributed by atoms with van der Waals surface area (Å²) in [6.45, 7) is 1.17. The molecule has 0 fully saturated rings. The lowest BCUT2D eigenvalue weighted by Gasteiger charge is -2.06. The van der Waals surface area contributed by atoms with Crippen LogP contribution in [0.4, 0.5) is 0 Å². The number of methoxy groups -OCH3 is 2. The fraction of sp³-hybridized carbons (Fsp3) is 0.267. The summed E-state index contributed by atoms with van der Waals surface area (Å²) >= 11 is 11.2. The summed E-state index contributed by atoms with van der Waals surface area (Å²) in [6.07, 6.45) is 1.57. The maximum Gasteiger partial charge on any atom is 0.187 e. The number of thiocarbonyl (C=S) groups is 1. The fourth-order valence-electron chi connectivity index (χ4n) is 1.82. The number of aromatic nitrogens is 1. The molecule has 2 rings (SSSR count). The molecule has 1 heterocycles. The van der Waals surface area contributed by atoms with Crippen LogP contribution in [0.3, 0.4) is 0 Å². The maximum atomic E-state index is 6.18. The average molecular weight is 353 g/mol. The van der Waals surface area contributed by atoms with Crippen molar-refractivity contribution in [3.05, 3.63) is 35.0 Å². The van der Waals surface area contributed by atoms with Gasteiger partial charge in [-0.2, -0.15) is 5.10 Å². The number of rotatable bonds is 6. The van der Waals surface area contributed by atoms with E-state index in [0.29, 0.717) is 29.0 Å². The van der Waals surface area contributed by atoms with Gasteiger partial charge in [-0.15, -0.1) is 0 Å². The van der Waals surface area contributed by atoms with Crippen LogP contribution in [-0.4, -0.2) is 43.7 Å². The van der Waals surface area contributed by atoms with Crippen molar-refractivity contribution >= 4 is 46.0 Å². The van der Waals surface area contributed by atoms with E-state index < -0.39 is 0 Å². The molecular weight excluding hydrogens is 336 g/mol. The number of ether oxygens (including phenoxy) is 2. The lowest BCUT2D eigenvalue weighted by molar-refractivity contribution is 0.204. The van der Waals surface area contributed by atoms with E-state index in [-0.39, 0.29) is 0 Å². The molecular formula is C15H17ClN4O2S. The number of nitrogens with zero attached hydrogens (tertiary/aromatic N) is 2.